The average molecular weight is 366 g/mol. The van der Waals surface area contributed by atoms with Crippen molar-refractivity contribution in [3.8, 4) is 5.75 Å². The summed E-state index contributed by atoms with van der Waals surface area (Å²) in [4.78, 5) is 14.6. The van der Waals surface area contributed by atoms with E-state index in [4.69, 9.17) is 4.74 Å². The Hall–Kier alpha value is -1.60. The van der Waals surface area contributed by atoms with Crippen molar-refractivity contribution in [2.75, 3.05) is 33.3 Å². The maximum atomic E-state index is 13.0. The van der Waals surface area contributed by atoms with Crippen LogP contribution in [0.4, 0.5) is 0 Å². The second kappa shape index (κ2) is 7.33. The Balaban J connectivity index is 1.71. The van der Waals surface area contributed by atoms with E-state index in [2.05, 4.69) is 0 Å². The molecule has 0 bridgehead atoms. The molecule has 0 spiro atoms. The summed E-state index contributed by atoms with van der Waals surface area (Å²) in [6, 6.07) is 5.17. The Bertz CT molecular complexity index is 733. The highest BCUT2D eigenvalue weighted by atomic mass is 32.2. The van der Waals surface area contributed by atoms with Crippen LogP contribution in [0.3, 0.4) is 0 Å². The molecule has 7 heteroatoms. The minimum absolute atomic E-state index is 0.0519. The molecule has 2 fully saturated rings. The van der Waals surface area contributed by atoms with Crippen molar-refractivity contribution >= 4 is 15.9 Å². The van der Waals surface area contributed by atoms with Crippen LogP contribution in [0.5, 0.6) is 5.75 Å². The summed E-state index contributed by atoms with van der Waals surface area (Å²) in [5.41, 5.74) is 0.874. The predicted molar refractivity (Wildman–Crippen MR) is 95.0 cm³/mol. The normalized spacial score (nSPS) is 20.0. The van der Waals surface area contributed by atoms with Gasteiger partial charge in [0, 0.05) is 32.1 Å². The van der Waals surface area contributed by atoms with Gasteiger partial charge in [0.25, 0.3) is 0 Å². The van der Waals surface area contributed by atoms with Crippen molar-refractivity contribution in [2.24, 2.45) is 5.92 Å². The molecule has 138 valence electrons. The van der Waals surface area contributed by atoms with Crippen molar-refractivity contribution in [1.29, 1.82) is 0 Å². The quantitative estimate of drug-likeness (QED) is 0.818. The van der Waals surface area contributed by atoms with Gasteiger partial charge < -0.3 is 9.64 Å². The Morgan fingerprint density at radius 2 is 1.76 bits per heavy atom. The van der Waals surface area contributed by atoms with Crippen LogP contribution in [0, 0.1) is 12.8 Å². The molecule has 0 saturated carbocycles. The number of piperidine rings is 1. The van der Waals surface area contributed by atoms with E-state index in [0.29, 0.717) is 31.7 Å². The van der Waals surface area contributed by atoms with Crippen LogP contribution in [-0.4, -0.2) is 56.8 Å². The highest BCUT2D eigenvalue weighted by Gasteiger charge is 2.35. The van der Waals surface area contributed by atoms with Gasteiger partial charge in [0.05, 0.1) is 7.11 Å². The SMILES string of the molecule is COc1ccc(C)cc1S(=O)(=O)N1CCC(C(=O)N2CCCC2)CC1. The maximum Gasteiger partial charge on any atom is 0.246 e. The number of ether oxygens (including phenoxy) is 1. The van der Waals surface area contributed by atoms with E-state index < -0.39 is 10.0 Å². The summed E-state index contributed by atoms with van der Waals surface area (Å²) in [6.07, 6.45) is 3.32. The molecule has 2 aliphatic heterocycles. The molecular weight excluding hydrogens is 340 g/mol. The number of nitrogens with zero attached hydrogens (tertiary/aromatic N) is 2. The fraction of sp³-hybridized carbons (Fsp3) is 0.611. The van der Waals surface area contributed by atoms with E-state index in [9.17, 15) is 13.2 Å². The van der Waals surface area contributed by atoms with Gasteiger partial charge >= 0.3 is 0 Å². The molecular formula is C18H26N2O4S. The van der Waals surface area contributed by atoms with Crippen molar-refractivity contribution in [3.05, 3.63) is 23.8 Å². The number of benzene rings is 1. The van der Waals surface area contributed by atoms with Gasteiger partial charge in [0.1, 0.15) is 10.6 Å². The first kappa shape index (κ1) is 18.2. The fourth-order valence-corrected chi connectivity index (χ4v) is 5.37. The molecule has 0 N–H and O–H groups in total. The molecule has 3 rings (SSSR count). The van der Waals surface area contributed by atoms with Crippen LogP contribution in [0.15, 0.2) is 23.1 Å². The lowest BCUT2D eigenvalue weighted by atomic mass is 9.97. The minimum atomic E-state index is -3.61. The van der Waals surface area contributed by atoms with Crippen LogP contribution >= 0.6 is 0 Å². The number of carbonyl (C=O) groups excluding carboxylic acids is 1. The minimum Gasteiger partial charge on any atom is -0.495 e. The van der Waals surface area contributed by atoms with Crippen molar-refractivity contribution in [2.45, 2.75) is 37.5 Å². The first-order valence-electron chi connectivity index (χ1n) is 8.87. The molecule has 25 heavy (non-hydrogen) atoms. The van der Waals surface area contributed by atoms with Gasteiger partial charge in [-0.05, 0) is 50.3 Å². The first-order valence-corrected chi connectivity index (χ1v) is 10.3. The summed E-state index contributed by atoms with van der Waals surface area (Å²) in [7, 11) is -2.14. The van der Waals surface area contributed by atoms with Crippen LogP contribution < -0.4 is 4.74 Å². The molecule has 2 aliphatic rings. The van der Waals surface area contributed by atoms with Gasteiger partial charge in [0.15, 0.2) is 0 Å². The lowest BCUT2D eigenvalue weighted by Gasteiger charge is -2.32. The number of hydrogen-bond donors (Lipinski definition) is 0. The smallest absolute Gasteiger partial charge is 0.246 e. The maximum absolute atomic E-state index is 13.0. The molecule has 1 aromatic rings. The Morgan fingerprint density at radius 3 is 2.36 bits per heavy atom. The number of carbonyl (C=O) groups is 1. The number of hydrogen-bond acceptors (Lipinski definition) is 4. The Kier molecular flexibility index (Phi) is 5.34. The molecule has 0 atom stereocenters. The monoisotopic (exact) mass is 366 g/mol. The highest BCUT2D eigenvalue weighted by molar-refractivity contribution is 7.89. The van der Waals surface area contributed by atoms with E-state index in [-0.39, 0.29) is 16.7 Å². The molecule has 0 aliphatic carbocycles. The van der Waals surface area contributed by atoms with Gasteiger partial charge in [-0.15, -0.1) is 0 Å². The molecule has 2 saturated heterocycles. The molecule has 0 radical (unpaired) electrons. The van der Waals surface area contributed by atoms with Crippen LogP contribution in [0.2, 0.25) is 0 Å². The van der Waals surface area contributed by atoms with E-state index in [1.165, 1.54) is 11.4 Å². The third-order valence-electron chi connectivity index (χ3n) is 5.16. The summed E-state index contributed by atoms with van der Waals surface area (Å²) in [5.74, 6) is 0.507. The van der Waals surface area contributed by atoms with Crippen molar-refractivity contribution in [3.63, 3.8) is 0 Å². The first-order chi connectivity index (χ1) is 11.9. The third kappa shape index (κ3) is 3.67. The Morgan fingerprint density at radius 1 is 1.12 bits per heavy atom. The van der Waals surface area contributed by atoms with Crippen molar-refractivity contribution in [1.82, 2.24) is 9.21 Å². The predicted octanol–water partition coefficient (Wildman–Crippen LogP) is 2.03. The summed E-state index contributed by atoms with van der Waals surface area (Å²) >= 11 is 0. The Labute approximate surface area is 149 Å². The summed E-state index contributed by atoms with van der Waals surface area (Å²) in [6.45, 7) is 4.31. The van der Waals surface area contributed by atoms with Crippen LogP contribution in [0.1, 0.15) is 31.2 Å². The van der Waals surface area contributed by atoms with E-state index in [1.54, 1.807) is 12.1 Å². The lowest BCUT2D eigenvalue weighted by Crippen LogP contribution is -2.43. The molecule has 0 unspecified atom stereocenters. The average Bonchev–Trinajstić information content (AvgIpc) is 3.16. The van der Waals surface area contributed by atoms with Gasteiger partial charge in [-0.1, -0.05) is 6.07 Å². The van der Waals surface area contributed by atoms with Crippen LogP contribution in [0.25, 0.3) is 0 Å². The number of rotatable bonds is 4. The highest BCUT2D eigenvalue weighted by Crippen LogP contribution is 2.31. The van der Waals surface area contributed by atoms with E-state index >= 15 is 0 Å². The lowest BCUT2D eigenvalue weighted by molar-refractivity contribution is -0.135. The zero-order valence-corrected chi connectivity index (χ0v) is 15.7. The van der Waals surface area contributed by atoms with Gasteiger partial charge in [-0.2, -0.15) is 4.31 Å². The third-order valence-corrected chi connectivity index (χ3v) is 7.08. The molecule has 2 heterocycles. The van der Waals surface area contributed by atoms with Crippen molar-refractivity contribution < 1.29 is 17.9 Å². The second-order valence-electron chi connectivity index (χ2n) is 6.87. The molecule has 6 nitrogen and oxygen atoms in total. The largest absolute Gasteiger partial charge is 0.495 e. The number of amides is 1. The summed E-state index contributed by atoms with van der Waals surface area (Å²) < 4.78 is 32.7. The van der Waals surface area contributed by atoms with Gasteiger partial charge in [-0.25, -0.2) is 8.42 Å². The zero-order valence-electron chi connectivity index (χ0n) is 14.9. The number of aryl methyl sites for hydroxylation is 1. The van der Waals surface area contributed by atoms with E-state index in [0.717, 1.165) is 31.5 Å². The topological polar surface area (TPSA) is 66.9 Å². The standard InChI is InChI=1S/C18H26N2O4S/c1-14-5-6-16(24-2)17(13-14)25(22,23)20-11-7-15(8-12-20)18(21)19-9-3-4-10-19/h5-6,13,15H,3-4,7-12H2,1-2H3. The van der Waals surface area contributed by atoms with Gasteiger partial charge in [-0.3, -0.25) is 4.79 Å². The fourth-order valence-electron chi connectivity index (χ4n) is 3.66. The molecule has 1 amide bonds. The number of likely N-dealkylation sites (tertiary alicyclic amines) is 1. The van der Waals surface area contributed by atoms with E-state index in [1.807, 2.05) is 17.9 Å². The van der Waals surface area contributed by atoms with Gasteiger partial charge in [0.2, 0.25) is 15.9 Å². The number of methoxy groups -OCH3 is 1. The molecule has 0 aromatic heterocycles. The molecule has 1 aromatic carbocycles. The number of sulfonamides is 1. The van der Waals surface area contributed by atoms with Crippen LogP contribution in [-0.2, 0) is 14.8 Å². The zero-order chi connectivity index (χ0) is 18.0. The second-order valence-corrected chi connectivity index (χ2v) is 8.77. The summed E-state index contributed by atoms with van der Waals surface area (Å²) in [5, 5.41) is 0.